The number of phenols is 4. The second kappa shape index (κ2) is 41.8. The highest BCUT2D eigenvalue weighted by atomic mass is 35.5. The molecule has 0 unspecified atom stereocenters. The van der Waals surface area contributed by atoms with E-state index in [0.29, 0.717) is 18.8 Å². The molecule has 16 rings (SSSR count). The maximum Gasteiger partial charge on any atom is 0.330 e. The number of benzene rings is 7. The van der Waals surface area contributed by atoms with Crippen molar-refractivity contribution < 1.29 is 162 Å². The van der Waals surface area contributed by atoms with Crippen molar-refractivity contribution in [2.45, 2.75) is 219 Å². The number of ether oxygens (including phenoxy) is 9. The topological polar surface area (TPSA) is 662 Å². The monoisotopic (exact) mass is 1910 g/mol. The second-order valence-electron chi connectivity index (χ2n) is 33.9. The van der Waals surface area contributed by atoms with Crippen LogP contribution in [0.4, 0.5) is 0 Å². The Morgan fingerprint density at radius 3 is 1.66 bits per heavy atom. The summed E-state index contributed by atoms with van der Waals surface area (Å²) in [4.78, 5) is 139. The number of halogens is 2. The smallest absolute Gasteiger partial charge is 0.330 e. The number of aliphatic carboxylic acids is 1. The molecule has 134 heavy (non-hydrogen) atoms. The summed E-state index contributed by atoms with van der Waals surface area (Å²) in [5.74, 6) is -19.0. The Bertz CT molecular complexity index is 5600. The number of aromatic hydroxyl groups is 4. The Balaban J connectivity index is 1.03. The van der Waals surface area contributed by atoms with Gasteiger partial charge in [0.25, 0.3) is 0 Å². The summed E-state index contributed by atoms with van der Waals surface area (Å²) in [6.45, 7) is 2.08. The molecular formula is C90H101Cl2N9O33. The lowest BCUT2D eigenvalue weighted by Crippen LogP contribution is -2.65. The average Bonchev–Trinajstić information content (AvgIpc) is 0.753. The summed E-state index contributed by atoms with van der Waals surface area (Å²) in [6, 6.07) is 0.695. The van der Waals surface area contributed by atoms with Gasteiger partial charge in [0.1, 0.15) is 156 Å². The van der Waals surface area contributed by atoms with Crippen molar-refractivity contribution in [3.8, 4) is 80.1 Å². The number of carbonyl (C=O) groups is 9. The number of carbonyl (C=O) groups excluding carboxylic acids is 8. The number of aliphatic hydroxyl groups is 10. The van der Waals surface area contributed by atoms with Crippen LogP contribution in [0.3, 0.4) is 0 Å². The van der Waals surface area contributed by atoms with Crippen molar-refractivity contribution in [2.75, 3.05) is 19.8 Å². The van der Waals surface area contributed by atoms with E-state index in [9.17, 15) is 95.8 Å². The second-order valence-corrected chi connectivity index (χ2v) is 34.7. The first-order valence-electron chi connectivity index (χ1n) is 43.0. The van der Waals surface area contributed by atoms with Crippen molar-refractivity contribution in [3.63, 3.8) is 0 Å². The van der Waals surface area contributed by atoms with Gasteiger partial charge in [-0.15, -0.1) is 0 Å². The van der Waals surface area contributed by atoms with Gasteiger partial charge in [-0.1, -0.05) is 99.8 Å². The minimum absolute atomic E-state index is 0.0273. The Labute approximate surface area is 772 Å². The normalized spacial score (nSPS) is 28.6. The molecule has 7 aromatic carbocycles. The fourth-order valence-corrected chi connectivity index (χ4v) is 17.3. The van der Waals surface area contributed by atoms with Gasteiger partial charge in [-0.25, -0.2) is 4.79 Å². The molecule has 23 atom stereocenters. The predicted molar refractivity (Wildman–Crippen MR) is 462 cm³/mol. The summed E-state index contributed by atoms with van der Waals surface area (Å²) in [5, 5.41) is 190. The fraction of sp³-hybridized carbons (Fsp3) is 0.433. The number of aliphatic hydroxyl groups excluding tert-OH is 10. The summed E-state index contributed by atoms with van der Waals surface area (Å²) in [5.41, 5.74) is 2.80. The number of carboxylic acids is 1. The van der Waals surface area contributed by atoms with Crippen LogP contribution in [-0.2, 0) is 68.5 Å². The number of hydrogen-bond acceptors (Lipinski definition) is 33. The molecule has 9 heterocycles. The largest absolute Gasteiger partial charge is 0.508 e. The van der Waals surface area contributed by atoms with Crippen molar-refractivity contribution in [2.24, 2.45) is 11.7 Å². The van der Waals surface area contributed by atoms with Gasteiger partial charge in [0.05, 0.1) is 29.9 Å². The van der Waals surface area contributed by atoms with Crippen LogP contribution in [0.2, 0.25) is 10.0 Å². The molecule has 7 aromatic rings. The van der Waals surface area contributed by atoms with E-state index in [1.807, 2.05) is 0 Å². The predicted octanol–water partition coefficient (Wildman–Crippen LogP) is 1.80. The number of nitrogens with two attached hydrogens (primary N) is 1. The molecule has 17 bridgehead atoms. The number of carboxylic acid groups (broad SMARTS) is 1. The van der Waals surface area contributed by atoms with Gasteiger partial charge in [0.15, 0.2) is 35.3 Å². The summed E-state index contributed by atoms with van der Waals surface area (Å²) >= 11 is 14.7. The maximum atomic E-state index is 17.0. The molecule has 42 nitrogen and oxygen atoms in total. The fourth-order valence-electron chi connectivity index (χ4n) is 16.8. The molecular weight excluding hydrogens is 1810 g/mol. The van der Waals surface area contributed by atoms with E-state index >= 15 is 24.0 Å². The van der Waals surface area contributed by atoms with Crippen molar-refractivity contribution >= 4 is 76.4 Å². The third-order valence-electron chi connectivity index (χ3n) is 23.9. The summed E-state index contributed by atoms with van der Waals surface area (Å²) < 4.78 is 57.5. The molecule has 9 aliphatic rings. The van der Waals surface area contributed by atoms with Gasteiger partial charge < -0.3 is 167 Å². The van der Waals surface area contributed by atoms with E-state index in [1.54, 1.807) is 0 Å². The third kappa shape index (κ3) is 21.5. The molecule has 0 saturated carbocycles. The van der Waals surface area contributed by atoms with E-state index in [4.69, 9.17) is 71.6 Å². The number of rotatable bonds is 21. The van der Waals surface area contributed by atoms with Crippen LogP contribution >= 0.6 is 23.2 Å². The number of amides is 8. The molecule has 9 aliphatic heterocycles. The standard InChI is InChI=1S/C90H101Cl2N9O33/c1-35(2)10-8-6-4-5-7-9-11-62(110)96-70-76(115)73(112)60(33-103)131-89(70)134-80-57-27-42-28-58(80)128-54-19-15-40(25-49(54)92)79(133-88-69(94-36(3)105)75(114)72(111)59(32-102)130-88)71-86(123)100-68(87(124)125)47-30-44(107)31-56(129-90-78(117)77(116)74(113)61(34-104)132-90)63(47)46-24-39(14-16-51(46)108)65(83(120)101-71)98-85(122)67(42)99-84(121)66-41-22-43(106)29-45(23-41)126-55-26-38(13-17-52(55)109)64(93)82(119)95-50(81(118)97-66)21-37-12-18-53(127-57)48(91)20-37/h12-20,22-31,35,50,59-61,64-79,88-90,102-104,106-109,111-117H,4-11,21,32-34,93H2,1-3H3,(H,94,105)(H,95,119)(H,96,110)(H,97,118)(H,98,122)(H,99,121)(H,100,123)(H,101,120)(H,124,125)/t50-,59-,60-,61-,64-,65-,66+,67-,68+,69-,70-,71+,72-,73-,74-,75-,76-,77+,78+,79-,88+,89+,90+/m1/s1. The Morgan fingerprint density at radius 1 is 0.493 bits per heavy atom. The van der Waals surface area contributed by atoms with Crippen molar-refractivity contribution in [3.05, 3.63) is 164 Å². The molecule has 0 aliphatic carbocycles. The molecule has 0 radical (unpaired) electrons. The van der Waals surface area contributed by atoms with Crippen LogP contribution in [0.25, 0.3) is 11.1 Å². The third-order valence-corrected chi connectivity index (χ3v) is 24.5. The molecule has 3 fully saturated rings. The van der Waals surface area contributed by atoms with Gasteiger partial charge in [-0.2, -0.15) is 0 Å². The first-order chi connectivity index (χ1) is 63.9. The number of fused-ring (bicyclic) bond motifs is 14. The minimum atomic E-state index is -2.59. The average molecular weight is 1910 g/mol. The lowest BCUT2D eigenvalue weighted by molar-refractivity contribution is -0.284. The van der Waals surface area contributed by atoms with Crippen LogP contribution in [0.5, 0.6) is 69.0 Å². The minimum Gasteiger partial charge on any atom is -0.508 e. The van der Waals surface area contributed by atoms with E-state index < -0.39 is 316 Å². The van der Waals surface area contributed by atoms with E-state index in [0.717, 1.165) is 124 Å². The zero-order valence-electron chi connectivity index (χ0n) is 71.7. The lowest BCUT2D eigenvalue weighted by atomic mass is 9.89. The van der Waals surface area contributed by atoms with Gasteiger partial charge in [0.2, 0.25) is 65.6 Å². The van der Waals surface area contributed by atoms with Gasteiger partial charge in [0, 0.05) is 48.6 Å². The zero-order valence-corrected chi connectivity index (χ0v) is 73.2. The number of phenolic OH excluding ortho intramolecular Hbond substituents is 4. The summed E-state index contributed by atoms with van der Waals surface area (Å²) in [6.07, 6.45) is -23.8. The first kappa shape index (κ1) is 98.0. The number of unbranched alkanes of at least 4 members (excludes halogenated alkanes) is 5. The highest BCUT2D eigenvalue weighted by Gasteiger charge is 2.52. The Hall–Kier alpha value is -12.0. The lowest BCUT2D eigenvalue weighted by Gasteiger charge is -2.44. The van der Waals surface area contributed by atoms with Crippen molar-refractivity contribution in [1.82, 2.24) is 42.5 Å². The maximum absolute atomic E-state index is 17.0. The molecule has 3 saturated heterocycles. The van der Waals surface area contributed by atoms with E-state index in [2.05, 4.69) is 56.4 Å². The molecule has 8 amide bonds. The molecule has 25 N–H and O–H groups in total. The van der Waals surface area contributed by atoms with Crippen molar-refractivity contribution in [1.29, 1.82) is 0 Å². The molecule has 0 spiro atoms. The van der Waals surface area contributed by atoms with Crippen LogP contribution in [0.1, 0.15) is 147 Å². The Kier molecular flexibility index (Phi) is 30.6. The number of nitrogens with one attached hydrogen (secondary N) is 8. The highest BCUT2D eigenvalue weighted by molar-refractivity contribution is 6.32. The molecule has 44 heteroatoms. The van der Waals surface area contributed by atoms with Gasteiger partial charge >= 0.3 is 5.97 Å². The molecule has 718 valence electrons. The van der Waals surface area contributed by atoms with Crippen LogP contribution in [-0.4, -0.2) is 254 Å². The van der Waals surface area contributed by atoms with Crippen LogP contribution < -0.4 is 72.0 Å². The number of hydrogen-bond donors (Lipinski definition) is 24. The van der Waals surface area contributed by atoms with Crippen LogP contribution in [0, 0.1) is 5.92 Å². The highest BCUT2D eigenvalue weighted by Crippen LogP contribution is 2.51. The quantitative estimate of drug-likeness (QED) is 0.0456. The van der Waals surface area contributed by atoms with E-state index in [1.165, 1.54) is 30.3 Å². The molecule has 0 aromatic heterocycles. The van der Waals surface area contributed by atoms with Gasteiger partial charge in [-0.3, -0.25) is 38.4 Å². The SMILES string of the molecule is CC(=O)N[C@H]1[C@H](O[C@@H]2c3ccc(c(Cl)c3)Oc3cc4cc(c3O[C@@H]3O[C@H](CO)[C@@H](O)[C@H](O)[C@H]3NC(=O)CCCCCCCCC(C)C)Oc3ccc(cc3Cl)C[C@H]3NC(=O)[C@H](N)c5ccc(O)c(c5)Oc5cc(O)cc(c5)[C@H](NC3=O)C(=O)N[C@H]4C(=O)N[C@H]3C(=O)N[C@@H]2C(=O)N[C@H](C(=O)O)c2cc(O)cc(O[C@H]4O[C@H](CO)[C@@H](O)[C@H](O)[C@@H]4O)c2-c2cc3ccc2O)O[C@H](CO)[C@@H](O)[C@@H]1O. The van der Waals surface area contributed by atoms with Crippen LogP contribution in [0.15, 0.2) is 115 Å². The zero-order chi connectivity index (χ0) is 96.3. The van der Waals surface area contributed by atoms with E-state index in [-0.39, 0.29) is 39.8 Å². The van der Waals surface area contributed by atoms with Gasteiger partial charge in [-0.05, 0) is 125 Å². The first-order valence-corrected chi connectivity index (χ1v) is 43.7. The summed E-state index contributed by atoms with van der Waals surface area (Å²) in [7, 11) is 0. The Morgan fingerprint density at radius 2 is 1.04 bits per heavy atom.